The van der Waals surface area contributed by atoms with E-state index in [0.29, 0.717) is 18.7 Å². The van der Waals surface area contributed by atoms with Crippen LogP contribution in [-0.4, -0.2) is 52.8 Å². The van der Waals surface area contributed by atoms with Crippen LogP contribution >= 0.6 is 0 Å². The number of carbonyl (C=O) groups excluding carboxylic acids is 2. The third-order valence-corrected chi connectivity index (χ3v) is 6.90. The van der Waals surface area contributed by atoms with Crippen LogP contribution in [0.1, 0.15) is 61.1 Å². The molecule has 1 aliphatic carbocycles. The summed E-state index contributed by atoms with van der Waals surface area (Å²) in [7, 11) is 1.73. The van der Waals surface area contributed by atoms with Crippen molar-refractivity contribution in [2.24, 2.45) is 5.92 Å². The van der Waals surface area contributed by atoms with Gasteiger partial charge in [0.1, 0.15) is 0 Å². The van der Waals surface area contributed by atoms with Gasteiger partial charge in [0.15, 0.2) is 0 Å². The largest absolute Gasteiger partial charge is 0.378 e. The van der Waals surface area contributed by atoms with Gasteiger partial charge in [-0.3, -0.25) is 14.3 Å². The number of ether oxygens (including phenoxy) is 1. The molecule has 1 aliphatic heterocycles. The summed E-state index contributed by atoms with van der Waals surface area (Å²) in [6, 6.07) is 8.14. The summed E-state index contributed by atoms with van der Waals surface area (Å²) in [6.45, 7) is 7.84. The van der Waals surface area contributed by atoms with Crippen LogP contribution in [0.4, 0.5) is 0 Å². The lowest BCUT2D eigenvalue weighted by molar-refractivity contribution is -0.126. The zero-order chi connectivity index (χ0) is 22.2. The van der Waals surface area contributed by atoms with Crippen LogP contribution in [0, 0.1) is 5.92 Å². The lowest BCUT2D eigenvalue weighted by Gasteiger charge is -2.44. The van der Waals surface area contributed by atoms with Crippen LogP contribution in [0.25, 0.3) is 0 Å². The summed E-state index contributed by atoms with van der Waals surface area (Å²) in [5.41, 5.74) is 2.79. The number of fused-ring (bicyclic) bond motifs is 2. The minimum absolute atomic E-state index is 0.0273. The Morgan fingerprint density at radius 2 is 1.97 bits per heavy atom. The molecule has 2 aliphatic rings. The summed E-state index contributed by atoms with van der Waals surface area (Å²) in [6.07, 6.45) is 4.89. The lowest BCUT2D eigenvalue weighted by Crippen LogP contribution is -2.51. The summed E-state index contributed by atoms with van der Waals surface area (Å²) < 4.78 is 7.82. The van der Waals surface area contributed by atoms with Crippen molar-refractivity contribution < 1.29 is 14.3 Å². The molecule has 2 heterocycles. The highest BCUT2D eigenvalue weighted by Crippen LogP contribution is 2.52. The smallest absolute Gasteiger partial charge is 0.257 e. The van der Waals surface area contributed by atoms with Crippen molar-refractivity contribution >= 4 is 11.8 Å². The molecule has 0 unspecified atom stereocenters. The van der Waals surface area contributed by atoms with Gasteiger partial charge in [0.2, 0.25) is 5.91 Å². The van der Waals surface area contributed by atoms with Gasteiger partial charge in [0.05, 0.1) is 23.9 Å². The maximum atomic E-state index is 13.0. The number of benzene rings is 1. The van der Waals surface area contributed by atoms with Gasteiger partial charge < -0.3 is 15.0 Å². The first-order chi connectivity index (χ1) is 14.9. The van der Waals surface area contributed by atoms with Crippen LogP contribution < -0.4 is 5.32 Å². The van der Waals surface area contributed by atoms with Crippen molar-refractivity contribution in [3.63, 3.8) is 0 Å². The molecule has 166 valence electrons. The predicted molar refractivity (Wildman–Crippen MR) is 118 cm³/mol. The normalized spacial score (nSPS) is 22.0. The van der Waals surface area contributed by atoms with Crippen LogP contribution in [0.15, 0.2) is 36.7 Å². The molecule has 1 N–H and O–H groups in total. The Morgan fingerprint density at radius 3 is 2.58 bits per heavy atom. The highest BCUT2D eigenvalue weighted by atomic mass is 16.5. The molecule has 1 spiro atoms. The van der Waals surface area contributed by atoms with E-state index in [2.05, 4.69) is 28.6 Å². The Bertz CT molecular complexity index is 959. The van der Waals surface area contributed by atoms with E-state index in [1.165, 1.54) is 5.56 Å². The minimum atomic E-state index is -0.218. The van der Waals surface area contributed by atoms with Crippen LogP contribution in [-0.2, 0) is 21.5 Å². The number of aryl methyl sites for hydroxylation is 1. The fourth-order valence-corrected chi connectivity index (χ4v) is 5.18. The third kappa shape index (κ3) is 3.65. The lowest BCUT2D eigenvalue weighted by atomic mass is 9.71. The molecule has 2 atom stereocenters. The number of aromatic nitrogens is 2. The number of nitrogens with one attached hydrogen (secondary N) is 1. The van der Waals surface area contributed by atoms with E-state index in [-0.39, 0.29) is 35.3 Å². The quantitative estimate of drug-likeness (QED) is 0.801. The number of carbonyl (C=O) groups is 2. The second kappa shape index (κ2) is 8.46. The molecule has 4 rings (SSSR count). The minimum Gasteiger partial charge on any atom is -0.378 e. The highest BCUT2D eigenvalue weighted by Gasteiger charge is 2.54. The molecule has 1 aromatic carbocycles. The Kier molecular flexibility index (Phi) is 5.88. The van der Waals surface area contributed by atoms with Gasteiger partial charge in [-0.05, 0) is 30.9 Å². The van der Waals surface area contributed by atoms with Gasteiger partial charge in [-0.25, -0.2) is 0 Å². The van der Waals surface area contributed by atoms with E-state index in [1.807, 2.05) is 37.9 Å². The third-order valence-electron chi connectivity index (χ3n) is 6.90. The van der Waals surface area contributed by atoms with E-state index in [1.54, 1.807) is 18.0 Å². The number of amides is 2. The number of piperidine rings is 1. The Morgan fingerprint density at radius 1 is 1.26 bits per heavy atom. The van der Waals surface area contributed by atoms with Crippen molar-refractivity contribution in [3.05, 3.63) is 53.3 Å². The number of rotatable bonds is 5. The first kappa shape index (κ1) is 21.6. The molecular weight excluding hydrogens is 392 g/mol. The van der Waals surface area contributed by atoms with Crippen molar-refractivity contribution in [1.82, 2.24) is 20.0 Å². The Labute approximate surface area is 183 Å². The first-order valence-corrected chi connectivity index (χ1v) is 11.2. The van der Waals surface area contributed by atoms with E-state index >= 15 is 0 Å². The monoisotopic (exact) mass is 424 g/mol. The number of nitrogens with zero attached hydrogens (tertiary/aromatic N) is 3. The molecule has 2 amide bonds. The average Bonchev–Trinajstić information content (AvgIpc) is 3.36. The number of methoxy groups -OCH3 is 1. The molecule has 7 heteroatoms. The highest BCUT2D eigenvalue weighted by molar-refractivity contribution is 5.93. The summed E-state index contributed by atoms with van der Waals surface area (Å²) in [5.74, 6) is -0.0383. The first-order valence-electron chi connectivity index (χ1n) is 11.2. The summed E-state index contributed by atoms with van der Waals surface area (Å²) >= 11 is 0. The fraction of sp³-hybridized carbons (Fsp3) is 0.542. The van der Waals surface area contributed by atoms with Crippen LogP contribution in [0.3, 0.4) is 0 Å². The zero-order valence-corrected chi connectivity index (χ0v) is 18.8. The molecule has 7 nitrogen and oxygen atoms in total. The van der Waals surface area contributed by atoms with Crippen molar-refractivity contribution in [1.29, 1.82) is 0 Å². The van der Waals surface area contributed by atoms with Crippen LogP contribution in [0.2, 0.25) is 0 Å². The molecular formula is C24H32N4O3. The Hall–Kier alpha value is -2.67. The van der Waals surface area contributed by atoms with E-state index < -0.39 is 0 Å². The predicted octanol–water partition coefficient (Wildman–Crippen LogP) is 2.92. The standard InChI is InChI=1S/C24H32N4O3/c1-5-28-15-17(14-25-28)23(30)27-12-10-24(11-13-27)19-9-7-6-8-18(19)20(21(24)31-4)26-22(29)16(2)3/h6-9,14-16,20-21H,5,10-13H2,1-4H3,(H,26,29)/t20-,21+/m1/s1. The second-order valence-corrected chi connectivity index (χ2v) is 8.92. The Balaban J connectivity index is 1.58. The molecule has 0 radical (unpaired) electrons. The van der Waals surface area contributed by atoms with Gasteiger partial charge in [0.25, 0.3) is 5.91 Å². The van der Waals surface area contributed by atoms with Gasteiger partial charge in [-0.15, -0.1) is 0 Å². The number of likely N-dealkylation sites (tertiary alicyclic amines) is 1. The molecule has 31 heavy (non-hydrogen) atoms. The zero-order valence-electron chi connectivity index (χ0n) is 18.8. The van der Waals surface area contributed by atoms with Crippen molar-refractivity contribution in [3.8, 4) is 0 Å². The van der Waals surface area contributed by atoms with Crippen molar-refractivity contribution in [2.45, 2.75) is 57.7 Å². The van der Waals surface area contributed by atoms with Crippen LogP contribution in [0.5, 0.6) is 0 Å². The molecule has 0 bridgehead atoms. The van der Waals surface area contributed by atoms with Gasteiger partial charge in [0, 0.05) is 44.3 Å². The molecule has 1 fully saturated rings. The van der Waals surface area contributed by atoms with Gasteiger partial charge in [-0.2, -0.15) is 5.10 Å². The number of hydrogen-bond acceptors (Lipinski definition) is 4. The summed E-state index contributed by atoms with van der Waals surface area (Å²) in [5, 5.41) is 7.46. The van der Waals surface area contributed by atoms with E-state index in [4.69, 9.17) is 4.74 Å². The molecule has 1 saturated heterocycles. The fourth-order valence-electron chi connectivity index (χ4n) is 5.18. The topological polar surface area (TPSA) is 76.5 Å². The maximum absolute atomic E-state index is 13.0. The van der Waals surface area contributed by atoms with Gasteiger partial charge in [-0.1, -0.05) is 38.1 Å². The van der Waals surface area contributed by atoms with Gasteiger partial charge >= 0.3 is 0 Å². The molecule has 0 saturated carbocycles. The SMILES string of the molecule is CCn1cc(C(=O)N2CCC3(CC2)c2ccccc2[C@@H](NC(=O)C(C)C)[C@@H]3OC)cn1. The van der Waals surface area contributed by atoms with Crippen molar-refractivity contribution in [2.75, 3.05) is 20.2 Å². The average molecular weight is 425 g/mol. The van der Waals surface area contributed by atoms with E-state index in [0.717, 1.165) is 24.9 Å². The molecule has 1 aromatic heterocycles. The summed E-state index contributed by atoms with van der Waals surface area (Å²) in [4.78, 5) is 27.5. The number of hydrogen-bond donors (Lipinski definition) is 1. The maximum Gasteiger partial charge on any atom is 0.257 e. The van der Waals surface area contributed by atoms with E-state index in [9.17, 15) is 9.59 Å². The second-order valence-electron chi connectivity index (χ2n) is 8.92. The molecule has 2 aromatic rings.